The Kier molecular flexibility index (Phi) is 7.04. The zero-order valence-corrected chi connectivity index (χ0v) is 19.1. The Hall–Kier alpha value is -3.23. The first kappa shape index (κ1) is 22.5. The number of carbonyl (C=O) groups excluding carboxylic acids is 1. The lowest BCUT2D eigenvalue weighted by atomic mass is 10.2. The summed E-state index contributed by atoms with van der Waals surface area (Å²) in [6.45, 7) is 8.30. The number of amides is 2. The Morgan fingerprint density at radius 1 is 0.935 bits per heavy atom. The highest BCUT2D eigenvalue weighted by Crippen LogP contribution is 2.29. The van der Waals surface area contributed by atoms with Crippen LogP contribution in [-0.4, -0.2) is 68.4 Å². The molecule has 168 valence electrons. The van der Waals surface area contributed by atoms with E-state index in [0.29, 0.717) is 37.8 Å². The highest BCUT2D eigenvalue weighted by molar-refractivity contribution is 5.75. The fourth-order valence-corrected chi connectivity index (χ4v) is 3.52. The number of methoxy groups -OCH3 is 3. The summed E-state index contributed by atoms with van der Waals surface area (Å²) >= 11 is 0. The minimum Gasteiger partial charge on any atom is -0.497 e. The first-order valence-corrected chi connectivity index (χ1v) is 10.3. The van der Waals surface area contributed by atoms with E-state index < -0.39 is 0 Å². The maximum atomic E-state index is 12.8. The molecule has 1 aromatic carbocycles. The molecule has 9 nitrogen and oxygen atoms in total. The van der Waals surface area contributed by atoms with E-state index in [9.17, 15) is 4.79 Å². The van der Waals surface area contributed by atoms with E-state index in [1.807, 2.05) is 43.9 Å². The molecular formula is C22H31N5O4. The Balaban J connectivity index is 1.63. The third kappa shape index (κ3) is 5.10. The zero-order chi connectivity index (χ0) is 22.5. The van der Waals surface area contributed by atoms with Crippen LogP contribution in [0, 0.1) is 13.8 Å². The molecule has 1 fully saturated rings. The van der Waals surface area contributed by atoms with Crippen molar-refractivity contribution in [2.45, 2.75) is 26.8 Å². The summed E-state index contributed by atoms with van der Waals surface area (Å²) in [5.41, 5.74) is 3.27. The number of urea groups is 1. The largest absolute Gasteiger partial charge is 0.497 e. The third-order valence-electron chi connectivity index (χ3n) is 5.51. The van der Waals surface area contributed by atoms with Crippen molar-refractivity contribution >= 4 is 11.7 Å². The van der Waals surface area contributed by atoms with Gasteiger partial charge in [-0.3, -0.25) is 0 Å². The molecule has 1 aromatic heterocycles. The fraction of sp³-hybridized carbons (Fsp3) is 0.500. The molecule has 0 saturated carbocycles. The second-order valence-electron chi connectivity index (χ2n) is 7.51. The lowest BCUT2D eigenvalue weighted by molar-refractivity contribution is 0.190. The van der Waals surface area contributed by atoms with Crippen LogP contribution in [0.25, 0.3) is 0 Å². The van der Waals surface area contributed by atoms with Crippen molar-refractivity contribution in [1.82, 2.24) is 20.2 Å². The van der Waals surface area contributed by atoms with Crippen LogP contribution in [0.1, 0.15) is 30.0 Å². The smallest absolute Gasteiger partial charge is 0.318 e. The predicted octanol–water partition coefficient (Wildman–Crippen LogP) is 2.71. The number of aromatic nitrogens is 2. The maximum Gasteiger partial charge on any atom is 0.318 e. The highest BCUT2D eigenvalue weighted by Gasteiger charge is 2.25. The second kappa shape index (κ2) is 9.72. The maximum absolute atomic E-state index is 12.8. The van der Waals surface area contributed by atoms with Gasteiger partial charge in [0.1, 0.15) is 17.2 Å². The monoisotopic (exact) mass is 429 g/mol. The van der Waals surface area contributed by atoms with Crippen molar-refractivity contribution in [2.24, 2.45) is 0 Å². The van der Waals surface area contributed by atoms with Crippen LogP contribution in [0.5, 0.6) is 17.4 Å². The van der Waals surface area contributed by atoms with E-state index in [4.69, 9.17) is 14.2 Å². The van der Waals surface area contributed by atoms with E-state index in [1.165, 1.54) is 0 Å². The van der Waals surface area contributed by atoms with E-state index >= 15 is 0 Å². The Morgan fingerprint density at radius 2 is 1.52 bits per heavy atom. The Labute approximate surface area is 183 Å². The van der Waals surface area contributed by atoms with Gasteiger partial charge in [0.2, 0.25) is 5.88 Å². The van der Waals surface area contributed by atoms with Crippen LogP contribution in [0.4, 0.5) is 10.5 Å². The van der Waals surface area contributed by atoms with E-state index in [1.54, 1.807) is 21.3 Å². The Bertz CT molecular complexity index is 906. The van der Waals surface area contributed by atoms with E-state index in [2.05, 4.69) is 20.2 Å². The van der Waals surface area contributed by atoms with Gasteiger partial charge in [-0.15, -0.1) is 0 Å². The molecule has 2 heterocycles. The number of hydrogen-bond acceptors (Lipinski definition) is 7. The third-order valence-corrected chi connectivity index (χ3v) is 5.51. The van der Waals surface area contributed by atoms with Crippen LogP contribution in [0.3, 0.4) is 0 Å². The predicted molar refractivity (Wildman–Crippen MR) is 118 cm³/mol. The molecule has 2 aromatic rings. The first-order chi connectivity index (χ1) is 14.9. The van der Waals surface area contributed by atoms with Crippen LogP contribution in [0.2, 0.25) is 0 Å². The number of carbonyl (C=O) groups is 1. The molecule has 2 amide bonds. The van der Waals surface area contributed by atoms with Crippen LogP contribution in [0.15, 0.2) is 18.2 Å². The average Bonchev–Trinajstić information content (AvgIpc) is 2.80. The van der Waals surface area contributed by atoms with Crippen molar-refractivity contribution < 1.29 is 19.0 Å². The van der Waals surface area contributed by atoms with Crippen molar-refractivity contribution in [2.75, 3.05) is 52.4 Å². The van der Waals surface area contributed by atoms with Gasteiger partial charge in [0, 0.05) is 50.1 Å². The fourth-order valence-electron chi connectivity index (χ4n) is 3.52. The molecule has 0 bridgehead atoms. The van der Waals surface area contributed by atoms with Gasteiger partial charge >= 0.3 is 6.03 Å². The van der Waals surface area contributed by atoms with E-state index in [0.717, 1.165) is 28.6 Å². The zero-order valence-electron chi connectivity index (χ0n) is 19.1. The molecule has 0 aliphatic carbocycles. The summed E-state index contributed by atoms with van der Waals surface area (Å²) in [5, 5.41) is 3.02. The van der Waals surface area contributed by atoms with Gasteiger partial charge in [-0.2, -0.15) is 0 Å². The van der Waals surface area contributed by atoms with Crippen molar-refractivity contribution in [3.8, 4) is 17.4 Å². The van der Waals surface area contributed by atoms with E-state index in [-0.39, 0.29) is 12.1 Å². The molecule has 1 unspecified atom stereocenters. The summed E-state index contributed by atoms with van der Waals surface area (Å²) in [4.78, 5) is 25.9. The summed E-state index contributed by atoms with van der Waals surface area (Å²) in [6, 6.07) is 5.35. The summed E-state index contributed by atoms with van der Waals surface area (Å²) in [7, 11) is 4.83. The van der Waals surface area contributed by atoms with Gasteiger partial charge in [-0.05, 0) is 20.8 Å². The molecule has 0 radical (unpaired) electrons. The molecule has 31 heavy (non-hydrogen) atoms. The molecule has 1 atom stereocenters. The number of benzene rings is 1. The molecule has 1 aliphatic heterocycles. The number of rotatable bonds is 6. The molecule has 3 rings (SSSR count). The highest BCUT2D eigenvalue weighted by atomic mass is 16.5. The topological polar surface area (TPSA) is 89.1 Å². The number of hydrogen-bond donors (Lipinski definition) is 1. The van der Waals surface area contributed by atoms with Gasteiger partial charge in [0.25, 0.3) is 0 Å². The van der Waals surface area contributed by atoms with Crippen LogP contribution >= 0.6 is 0 Å². The quantitative estimate of drug-likeness (QED) is 0.755. The number of aryl methyl sites for hydroxylation is 2. The van der Waals surface area contributed by atoms with Crippen molar-refractivity contribution in [3.05, 3.63) is 35.3 Å². The van der Waals surface area contributed by atoms with Gasteiger partial charge in [-0.1, -0.05) is 0 Å². The molecule has 1 N–H and O–H groups in total. The Morgan fingerprint density at radius 3 is 2.06 bits per heavy atom. The number of ether oxygens (including phenoxy) is 3. The molecule has 1 saturated heterocycles. The van der Waals surface area contributed by atoms with Crippen molar-refractivity contribution in [1.29, 1.82) is 0 Å². The SMILES string of the molecule is COc1cc(OC)cc(N2CCN(C(=O)NC(C)c3nc(C)c(C)nc3OC)CC2)c1. The molecule has 9 heteroatoms. The second-order valence-corrected chi connectivity index (χ2v) is 7.51. The molecule has 1 aliphatic rings. The summed E-state index contributed by atoms with van der Waals surface area (Å²) in [6.07, 6.45) is 0. The number of nitrogens with one attached hydrogen (secondary N) is 1. The first-order valence-electron chi connectivity index (χ1n) is 10.3. The van der Waals surface area contributed by atoms with Gasteiger partial charge < -0.3 is 29.3 Å². The molecule has 0 spiro atoms. The minimum absolute atomic E-state index is 0.127. The van der Waals surface area contributed by atoms with Crippen LogP contribution < -0.4 is 24.4 Å². The number of piperazine rings is 1. The van der Waals surface area contributed by atoms with Crippen LogP contribution in [-0.2, 0) is 0 Å². The van der Waals surface area contributed by atoms with Gasteiger partial charge in [0.05, 0.1) is 38.8 Å². The summed E-state index contributed by atoms with van der Waals surface area (Å²) in [5.74, 6) is 1.92. The normalized spacial score (nSPS) is 14.8. The van der Waals surface area contributed by atoms with Crippen molar-refractivity contribution in [3.63, 3.8) is 0 Å². The van der Waals surface area contributed by atoms with Gasteiger partial charge in [-0.25, -0.2) is 14.8 Å². The summed E-state index contributed by atoms with van der Waals surface area (Å²) < 4.78 is 16.1. The van der Waals surface area contributed by atoms with Gasteiger partial charge in [0.15, 0.2) is 0 Å². The molecular weight excluding hydrogens is 398 g/mol. The number of anilines is 1. The minimum atomic E-state index is -0.324. The lowest BCUT2D eigenvalue weighted by Crippen LogP contribution is -2.52. The lowest BCUT2D eigenvalue weighted by Gasteiger charge is -2.36. The number of nitrogens with zero attached hydrogens (tertiary/aromatic N) is 4. The standard InChI is InChI=1S/C22H31N5O4/c1-14-15(2)24-21(31-6)20(23-14)16(3)25-22(28)27-9-7-26(8-10-27)17-11-18(29-4)13-19(12-17)30-5/h11-13,16H,7-10H2,1-6H3,(H,25,28). The average molecular weight is 430 g/mol.